The van der Waals surface area contributed by atoms with Crippen LogP contribution in [0.15, 0.2) is 27.4 Å². The van der Waals surface area contributed by atoms with Crippen LogP contribution in [0.2, 0.25) is 0 Å². The lowest BCUT2D eigenvalue weighted by atomic mass is 10.1. The first-order chi connectivity index (χ1) is 7.65. The molecule has 84 valence electrons. The number of rotatable bonds is 2. The van der Waals surface area contributed by atoms with Gasteiger partial charge in [-0.3, -0.25) is 0 Å². The maximum absolute atomic E-state index is 11.3. The largest absolute Gasteiger partial charge is 0.496 e. The van der Waals surface area contributed by atoms with Crippen molar-refractivity contribution in [2.45, 2.75) is 20.3 Å². The number of methoxy groups -OCH3 is 1. The van der Waals surface area contributed by atoms with Gasteiger partial charge in [0.25, 0.3) is 0 Å². The summed E-state index contributed by atoms with van der Waals surface area (Å²) in [5, 5.41) is 0.970. The normalized spacial score (nSPS) is 10.7. The van der Waals surface area contributed by atoms with E-state index in [2.05, 4.69) is 6.92 Å². The monoisotopic (exact) mass is 218 g/mol. The molecule has 0 fully saturated rings. The summed E-state index contributed by atoms with van der Waals surface area (Å²) in [5.74, 6) is 0.767. The van der Waals surface area contributed by atoms with Gasteiger partial charge in [-0.2, -0.15) is 0 Å². The molecule has 0 aliphatic heterocycles. The lowest BCUT2D eigenvalue weighted by molar-refractivity contribution is 0.409. The number of ether oxygens (including phenoxy) is 1. The summed E-state index contributed by atoms with van der Waals surface area (Å²) in [6.07, 6.45) is 0.887. The van der Waals surface area contributed by atoms with Crippen LogP contribution in [-0.4, -0.2) is 7.11 Å². The van der Waals surface area contributed by atoms with E-state index >= 15 is 0 Å². The molecule has 0 bridgehead atoms. The van der Waals surface area contributed by atoms with Gasteiger partial charge in [0, 0.05) is 17.5 Å². The van der Waals surface area contributed by atoms with E-state index in [1.807, 2.05) is 13.0 Å². The van der Waals surface area contributed by atoms with Crippen molar-refractivity contribution < 1.29 is 9.15 Å². The van der Waals surface area contributed by atoms with Crippen LogP contribution < -0.4 is 10.4 Å². The fourth-order valence-corrected chi connectivity index (χ4v) is 1.86. The number of aryl methyl sites for hydroxylation is 2. The second-order valence-electron chi connectivity index (χ2n) is 3.76. The summed E-state index contributed by atoms with van der Waals surface area (Å²) in [4.78, 5) is 11.3. The Morgan fingerprint density at radius 1 is 1.31 bits per heavy atom. The number of hydrogen-bond acceptors (Lipinski definition) is 3. The van der Waals surface area contributed by atoms with Crippen molar-refractivity contribution in [2.24, 2.45) is 0 Å². The van der Waals surface area contributed by atoms with Crippen molar-refractivity contribution in [3.63, 3.8) is 0 Å². The topological polar surface area (TPSA) is 39.4 Å². The zero-order valence-electron chi connectivity index (χ0n) is 9.66. The number of hydrogen-bond donors (Lipinski definition) is 0. The van der Waals surface area contributed by atoms with Gasteiger partial charge in [-0.25, -0.2) is 4.79 Å². The molecule has 3 heteroatoms. The Kier molecular flexibility index (Phi) is 2.69. The quantitative estimate of drug-likeness (QED) is 0.727. The van der Waals surface area contributed by atoms with E-state index < -0.39 is 0 Å². The highest BCUT2D eigenvalue weighted by molar-refractivity contribution is 5.82. The van der Waals surface area contributed by atoms with Gasteiger partial charge in [0.15, 0.2) is 0 Å². The molecule has 1 aromatic heterocycles. The highest BCUT2D eigenvalue weighted by Crippen LogP contribution is 2.27. The van der Waals surface area contributed by atoms with Crippen molar-refractivity contribution in [3.05, 3.63) is 39.7 Å². The standard InChI is InChI=1S/C13H14O3/c1-4-9-6-10-8(2)5-13(14)16-12(10)7-11(9)15-3/h5-7H,4H2,1-3H3. The van der Waals surface area contributed by atoms with Crippen LogP contribution in [0.3, 0.4) is 0 Å². The summed E-state index contributed by atoms with van der Waals surface area (Å²) in [5.41, 5.74) is 2.31. The third-order valence-electron chi connectivity index (χ3n) is 2.73. The van der Waals surface area contributed by atoms with E-state index in [0.29, 0.717) is 5.58 Å². The highest BCUT2D eigenvalue weighted by Gasteiger charge is 2.08. The molecular formula is C13H14O3. The first kappa shape index (κ1) is 10.7. The Hall–Kier alpha value is -1.77. The van der Waals surface area contributed by atoms with E-state index in [1.165, 1.54) is 6.07 Å². The molecule has 0 spiro atoms. The van der Waals surface area contributed by atoms with Crippen LogP contribution in [0.25, 0.3) is 11.0 Å². The second kappa shape index (κ2) is 4.00. The Morgan fingerprint density at radius 2 is 2.06 bits per heavy atom. The molecule has 0 aliphatic rings. The molecular weight excluding hydrogens is 204 g/mol. The molecule has 2 rings (SSSR count). The minimum atomic E-state index is -0.323. The third-order valence-corrected chi connectivity index (χ3v) is 2.73. The van der Waals surface area contributed by atoms with Gasteiger partial charge in [-0.15, -0.1) is 0 Å². The Balaban J connectivity index is 2.83. The smallest absolute Gasteiger partial charge is 0.336 e. The van der Waals surface area contributed by atoms with Gasteiger partial charge in [0.05, 0.1) is 7.11 Å². The summed E-state index contributed by atoms with van der Waals surface area (Å²) in [6, 6.07) is 5.31. The Labute approximate surface area is 93.7 Å². The maximum Gasteiger partial charge on any atom is 0.336 e. The Bertz CT molecular complexity index is 581. The molecule has 0 N–H and O–H groups in total. The van der Waals surface area contributed by atoms with Gasteiger partial charge in [-0.05, 0) is 30.5 Å². The molecule has 0 saturated heterocycles. The maximum atomic E-state index is 11.3. The molecule has 0 aliphatic carbocycles. The summed E-state index contributed by atoms with van der Waals surface area (Å²) < 4.78 is 10.4. The minimum Gasteiger partial charge on any atom is -0.496 e. The van der Waals surface area contributed by atoms with E-state index in [9.17, 15) is 4.79 Å². The third kappa shape index (κ3) is 1.69. The fourth-order valence-electron chi connectivity index (χ4n) is 1.86. The molecule has 0 unspecified atom stereocenters. The molecule has 16 heavy (non-hydrogen) atoms. The fraction of sp³-hybridized carbons (Fsp3) is 0.308. The van der Waals surface area contributed by atoms with E-state index in [0.717, 1.165) is 28.7 Å². The van der Waals surface area contributed by atoms with Crippen LogP contribution in [-0.2, 0) is 6.42 Å². The summed E-state index contributed by atoms with van der Waals surface area (Å²) in [7, 11) is 1.62. The van der Waals surface area contributed by atoms with Crippen molar-refractivity contribution in [3.8, 4) is 5.75 Å². The van der Waals surface area contributed by atoms with E-state index in [-0.39, 0.29) is 5.63 Å². The zero-order chi connectivity index (χ0) is 11.7. The van der Waals surface area contributed by atoms with Crippen molar-refractivity contribution in [1.29, 1.82) is 0 Å². The first-order valence-electron chi connectivity index (χ1n) is 5.27. The highest BCUT2D eigenvalue weighted by atomic mass is 16.5. The predicted molar refractivity (Wildman–Crippen MR) is 63.2 cm³/mol. The molecule has 0 atom stereocenters. The van der Waals surface area contributed by atoms with Crippen LogP contribution in [0, 0.1) is 6.92 Å². The average molecular weight is 218 g/mol. The SMILES string of the molecule is CCc1cc2c(C)cc(=O)oc2cc1OC. The van der Waals surface area contributed by atoms with Crippen LogP contribution >= 0.6 is 0 Å². The predicted octanol–water partition coefficient (Wildman–Crippen LogP) is 2.67. The lowest BCUT2D eigenvalue weighted by Crippen LogP contribution is -1.99. The molecule has 2 aromatic rings. The van der Waals surface area contributed by atoms with Crippen LogP contribution in [0.5, 0.6) is 5.75 Å². The van der Waals surface area contributed by atoms with Crippen LogP contribution in [0.4, 0.5) is 0 Å². The van der Waals surface area contributed by atoms with Gasteiger partial charge in [-0.1, -0.05) is 6.92 Å². The Morgan fingerprint density at radius 3 is 2.69 bits per heavy atom. The molecule has 1 heterocycles. The molecule has 3 nitrogen and oxygen atoms in total. The molecule has 0 amide bonds. The van der Waals surface area contributed by atoms with Gasteiger partial charge >= 0.3 is 5.63 Å². The van der Waals surface area contributed by atoms with Gasteiger partial charge in [0.2, 0.25) is 0 Å². The van der Waals surface area contributed by atoms with Gasteiger partial charge < -0.3 is 9.15 Å². The second-order valence-corrected chi connectivity index (χ2v) is 3.76. The molecule has 0 radical (unpaired) electrons. The molecule has 1 aromatic carbocycles. The molecule has 0 saturated carbocycles. The van der Waals surface area contributed by atoms with Crippen LogP contribution in [0.1, 0.15) is 18.1 Å². The average Bonchev–Trinajstić information content (AvgIpc) is 2.27. The summed E-state index contributed by atoms with van der Waals surface area (Å²) in [6.45, 7) is 3.98. The van der Waals surface area contributed by atoms with Crippen molar-refractivity contribution in [1.82, 2.24) is 0 Å². The van der Waals surface area contributed by atoms with E-state index in [4.69, 9.17) is 9.15 Å². The zero-order valence-corrected chi connectivity index (χ0v) is 9.66. The minimum absolute atomic E-state index is 0.323. The van der Waals surface area contributed by atoms with Crippen molar-refractivity contribution >= 4 is 11.0 Å². The van der Waals surface area contributed by atoms with Crippen molar-refractivity contribution in [2.75, 3.05) is 7.11 Å². The van der Waals surface area contributed by atoms with E-state index in [1.54, 1.807) is 13.2 Å². The number of fused-ring (bicyclic) bond motifs is 1. The lowest BCUT2D eigenvalue weighted by Gasteiger charge is -2.08. The number of benzene rings is 1. The summed E-state index contributed by atoms with van der Waals surface area (Å²) >= 11 is 0. The first-order valence-corrected chi connectivity index (χ1v) is 5.27. The van der Waals surface area contributed by atoms with Gasteiger partial charge in [0.1, 0.15) is 11.3 Å².